The molecule has 0 aromatic carbocycles. The lowest BCUT2D eigenvalue weighted by Crippen LogP contribution is -2.21. The van der Waals surface area contributed by atoms with Crippen LogP contribution in [0.3, 0.4) is 0 Å². The smallest absolute Gasteiger partial charge is 0.296 e. The number of allylic oxidation sites excluding steroid dienone is 1. The van der Waals surface area contributed by atoms with Crippen molar-refractivity contribution in [3.63, 3.8) is 0 Å². The van der Waals surface area contributed by atoms with Crippen molar-refractivity contribution >= 4 is 5.71 Å². The van der Waals surface area contributed by atoms with Crippen LogP contribution < -0.4 is 0 Å². The summed E-state index contributed by atoms with van der Waals surface area (Å²) < 4.78 is 34.2. The minimum atomic E-state index is -4.54. The molecule has 1 N–H and O–H groups in total. The van der Waals surface area contributed by atoms with Gasteiger partial charge >= 0.3 is 6.18 Å². The Morgan fingerprint density at radius 2 is 1.55 bits per heavy atom. The van der Waals surface area contributed by atoms with E-state index in [0.29, 0.717) is 0 Å². The van der Waals surface area contributed by atoms with Gasteiger partial charge in [0, 0.05) is 0 Å². The van der Waals surface area contributed by atoms with E-state index >= 15 is 0 Å². The standard InChI is InChI=1S/C5H6F3N.C2H6/c1-3(2)4(9)5(6,7)8;1-2/h9H,1H2,2H3;1-2H3. The topological polar surface area (TPSA) is 23.9 Å². The first kappa shape index (κ1) is 12.8. The third kappa shape index (κ3) is 5.63. The first-order valence-corrected chi connectivity index (χ1v) is 3.17. The zero-order chi connectivity index (χ0) is 9.65. The minimum absolute atomic E-state index is 0.262. The molecule has 0 spiro atoms. The first-order valence-electron chi connectivity index (χ1n) is 3.17. The molecule has 66 valence electrons. The fourth-order valence-corrected chi connectivity index (χ4v) is 0.242. The van der Waals surface area contributed by atoms with E-state index in [-0.39, 0.29) is 5.57 Å². The minimum Gasteiger partial charge on any atom is -0.296 e. The predicted octanol–water partition coefficient (Wildman–Crippen LogP) is 3.17. The van der Waals surface area contributed by atoms with Gasteiger partial charge in [0.15, 0.2) is 0 Å². The Balaban J connectivity index is 0. The van der Waals surface area contributed by atoms with Crippen LogP contribution in [0.2, 0.25) is 0 Å². The summed E-state index contributed by atoms with van der Waals surface area (Å²) in [6, 6.07) is 0. The molecule has 11 heavy (non-hydrogen) atoms. The van der Waals surface area contributed by atoms with Gasteiger partial charge in [-0.3, -0.25) is 5.41 Å². The maximum Gasteiger partial charge on any atom is 0.432 e. The van der Waals surface area contributed by atoms with Gasteiger partial charge in [-0.2, -0.15) is 13.2 Å². The molecule has 0 saturated heterocycles. The Morgan fingerprint density at radius 3 is 1.55 bits per heavy atom. The second-order valence-corrected chi connectivity index (χ2v) is 1.65. The average Bonchev–Trinajstić information content (AvgIpc) is 1.89. The van der Waals surface area contributed by atoms with Gasteiger partial charge in [-0.05, 0) is 12.5 Å². The highest BCUT2D eigenvalue weighted by molar-refractivity contribution is 6.00. The molecule has 0 fully saturated rings. The van der Waals surface area contributed by atoms with Crippen molar-refractivity contribution in [1.82, 2.24) is 0 Å². The maximum absolute atomic E-state index is 11.4. The third-order valence-electron chi connectivity index (χ3n) is 0.710. The molecule has 0 aliphatic heterocycles. The van der Waals surface area contributed by atoms with Gasteiger partial charge in [-0.25, -0.2) is 0 Å². The van der Waals surface area contributed by atoms with Crippen LogP contribution in [0.25, 0.3) is 0 Å². The van der Waals surface area contributed by atoms with Crippen molar-refractivity contribution in [2.75, 3.05) is 0 Å². The quantitative estimate of drug-likeness (QED) is 0.580. The van der Waals surface area contributed by atoms with E-state index in [2.05, 4.69) is 6.58 Å². The lowest BCUT2D eigenvalue weighted by atomic mass is 10.2. The fourth-order valence-electron chi connectivity index (χ4n) is 0.242. The lowest BCUT2D eigenvalue weighted by molar-refractivity contribution is -0.0589. The molecule has 0 aromatic rings. The Bertz CT molecular complexity index is 146. The van der Waals surface area contributed by atoms with Crippen LogP contribution in [0.5, 0.6) is 0 Å². The number of alkyl halides is 3. The molecule has 0 aliphatic carbocycles. The number of rotatable bonds is 1. The van der Waals surface area contributed by atoms with Crippen LogP contribution in [-0.4, -0.2) is 11.9 Å². The fraction of sp³-hybridized carbons (Fsp3) is 0.571. The average molecular weight is 167 g/mol. The van der Waals surface area contributed by atoms with Crippen LogP contribution in [0, 0.1) is 5.41 Å². The van der Waals surface area contributed by atoms with Crippen molar-refractivity contribution in [2.45, 2.75) is 26.9 Å². The van der Waals surface area contributed by atoms with E-state index < -0.39 is 11.9 Å². The number of halogens is 3. The molecule has 0 aromatic heterocycles. The number of hydrogen-bond acceptors (Lipinski definition) is 1. The monoisotopic (exact) mass is 167 g/mol. The molecule has 0 atom stereocenters. The van der Waals surface area contributed by atoms with Crippen LogP contribution in [0.15, 0.2) is 12.2 Å². The molecule has 0 saturated carbocycles. The lowest BCUT2D eigenvalue weighted by Gasteiger charge is -2.05. The zero-order valence-corrected chi connectivity index (χ0v) is 6.84. The Hall–Kier alpha value is -0.800. The van der Waals surface area contributed by atoms with Gasteiger partial charge in [0.1, 0.15) is 5.71 Å². The largest absolute Gasteiger partial charge is 0.432 e. The zero-order valence-electron chi connectivity index (χ0n) is 6.84. The first-order chi connectivity index (χ1) is 4.85. The molecule has 0 amide bonds. The highest BCUT2D eigenvalue weighted by Crippen LogP contribution is 2.19. The highest BCUT2D eigenvalue weighted by Gasteiger charge is 2.34. The molecular formula is C7H12F3N. The molecule has 1 nitrogen and oxygen atoms in total. The van der Waals surface area contributed by atoms with E-state index in [1.54, 1.807) is 0 Å². The van der Waals surface area contributed by atoms with Crippen LogP contribution >= 0.6 is 0 Å². The molecule has 0 bridgehead atoms. The van der Waals surface area contributed by atoms with E-state index in [4.69, 9.17) is 5.41 Å². The van der Waals surface area contributed by atoms with Crippen molar-refractivity contribution in [2.24, 2.45) is 0 Å². The van der Waals surface area contributed by atoms with Gasteiger partial charge in [-0.15, -0.1) is 0 Å². The van der Waals surface area contributed by atoms with Gasteiger partial charge in [0.05, 0.1) is 0 Å². The molecule has 0 radical (unpaired) electrons. The highest BCUT2D eigenvalue weighted by atomic mass is 19.4. The second kappa shape index (κ2) is 4.93. The van der Waals surface area contributed by atoms with E-state index in [9.17, 15) is 13.2 Å². The number of hydrogen-bond donors (Lipinski definition) is 1. The predicted molar refractivity (Wildman–Crippen MR) is 39.9 cm³/mol. The molecule has 0 unspecified atom stereocenters. The van der Waals surface area contributed by atoms with Crippen LogP contribution in [0.4, 0.5) is 13.2 Å². The normalized spacial score (nSPS) is 9.64. The number of nitrogens with one attached hydrogen (secondary N) is 1. The Kier molecular flexibility index (Phi) is 5.76. The van der Waals surface area contributed by atoms with Gasteiger partial charge in [-0.1, -0.05) is 20.4 Å². The van der Waals surface area contributed by atoms with Gasteiger partial charge in [0.25, 0.3) is 0 Å². The van der Waals surface area contributed by atoms with E-state index in [0.717, 1.165) is 6.92 Å². The molecular weight excluding hydrogens is 155 g/mol. The maximum atomic E-state index is 11.4. The van der Waals surface area contributed by atoms with Crippen molar-refractivity contribution in [1.29, 1.82) is 5.41 Å². The van der Waals surface area contributed by atoms with Crippen LogP contribution in [-0.2, 0) is 0 Å². The van der Waals surface area contributed by atoms with E-state index in [1.165, 1.54) is 0 Å². The van der Waals surface area contributed by atoms with Crippen molar-refractivity contribution < 1.29 is 13.2 Å². The molecule has 0 heterocycles. The van der Waals surface area contributed by atoms with E-state index in [1.807, 2.05) is 13.8 Å². The summed E-state index contributed by atoms with van der Waals surface area (Å²) in [5, 5.41) is 6.37. The Morgan fingerprint density at radius 1 is 1.27 bits per heavy atom. The Labute approximate surface area is 64.4 Å². The summed E-state index contributed by atoms with van der Waals surface area (Å²) in [4.78, 5) is 0. The van der Waals surface area contributed by atoms with Crippen LogP contribution in [0.1, 0.15) is 20.8 Å². The summed E-state index contributed by atoms with van der Waals surface area (Å²) >= 11 is 0. The van der Waals surface area contributed by atoms with Crippen molar-refractivity contribution in [3.8, 4) is 0 Å². The second-order valence-electron chi connectivity index (χ2n) is 1.65. The summed E-state index contributed by atoms with van der Waals surface area (Å²) in [6.45, 7) is 8.13. The van der Waals surface area contributed by atoms with Gasteiger partial charge in [0.2, 0.25) is 0 Å². The van der Waals surface area contributed by atoms with Gasteiger partial charge < -0.3 is 0 Å². The SMILES string of the molecule is C=C(C)C(=N)C(F)(F)F.CC. The summed E-state index contributed by atoms with van der Waals surface area (Å²) in [7, 11) is 0. The summed E-state index contributed by atoms with van der Waals surface area (Å²) in [5.41, 5.74) is -1.62. The molecule has 0 rings (SSSR count). The van der Waals surface area contributed by atoms with Crippen molar-refractivity contribution in [3.05, 3.63) is 12.2 Å². The molecule has 0 aliphatic rings. The summed E-state index contributed by atoms with van der Waals surface area (Å²) in [6.07, 6.45) is -4.54. The molecule has 4 heteroatoms. The third-order valence-corrected chi connectivity index (χ3v) is 0.710. The summed E-state index contributed by atoms with van der Waals surface area (Å²) in [5.74, 6) is 0.